The summed E-state index contributed by atoms with van der Waals surface area (Å²) in [4.78, 5) is 24.4. The maximum Gasteiger partial charge on any atom is 0.404 e. The van der Waals surface area contributed by atoms with Gasteiger partial charge in [-0.25, -0.2) is 19.2 Å². The molecular weight excluding hydrogens is 559 g/mol. The number of benzene rings is 3. The van der Waals surface area contributed by atoms with E-state index in [1.807, 2.05) is 67.6 Å². The highest BCUT2D eigenvalue weighted by Gasteiger charge is 2.14. The molecule has 0 fully saturated rings. The Bertz CT molecular complexity index is 1700. The molecule has 0 aliphatic heterocycles. The lowest BCUT2D eigenvalue weighted by Crippen LogP contribution is -2.20. The molecule has 1 amide bonds. The van der Waals surface area contributed by atoms with E-state index >= 15 is 0 Å². The summed E-state index contributed by atoms with van der Waals surface area (Å²) in [7, 11) is 0. The van der Waals surface area contributed by atoms with Gasteiger partial charge in [0.05, 0.1) is 0 Å². The number of nitrogens with two attached hydrogens (primary N) is 1. The molecule has 10 heteroatoms. The molecule has 2 aromatic heterocycles. The van der Waals surface area contributed by atoms with Gasteiger partial charge in [0.25, 0.3) is 0 Å². The number of aromatic nitrogens is 3. The molecule has 1 atom stereocenters. The van der Waals surface area contributed by atoms with E-state index in [0.29, 0.717) is 48.3 Å². The lowest BCUT2D eigenvalue weighted by Gasteiger charge is -2.16. The van der Waals surface area contributed by atoms with Gasteiger partial charge in [0.15, 0.2) is 0 Å². The molecule has 0 spiro atoms. The Morgan fingerprint density at radius 3 is 2.45 bits per heavy atom. The molecular formula is C34H33FN6O3. The van der Waals surface area contributed by atoms with E-state index in [2.05, 4.69) is 25.6 Å². The van der Waals surface area contributed by atoms with Crippen molar-refractivity contribution in [1.29, 1.82) is 0 Å². The minimum atomic E-state index is -0.803. The first-order valence-corrected chi connectivity index (χ1v) is 14.2. The summed E-state index contributed by atoms with van der Waals surface area (Å²) in [5, 5.41) is 6.64. The fraction of sp³-hybridized carbons (Fsp3) is 0.176. The highest BCUT2D eigenvalue weighted by atomic mass is 19.1. The van der Waals surface area contributed by atoms with Gasteiger partial charge < -0.3 is 25.8 Å². The van der Waals surface area contributed by atoms with Crippen LogP contribution in [0.25, 0.3) is 11.1 Å². The zero-order chi connectivity index (χ0) is 30.7. The molecule has 5 aromatic rings. The van der Waals surface area contributed by atoms with Gasteiger partial charge >= 0.3 is 6.09 Å². The number of anilines is 2. The van der Waals surface area contributed by atoms with E-state index in [-0.39, 0.29) is 18.5 Å². The average molecular weight is 593 g/mol. The molecule has 4 N–H and O–H groups in total. The monoisotopic (exact) mass is 592 g/mol. The third-order valence-corrected chi connectivity index (χ3v) is 6.71. The second-order valence-corrected chi connectivity index (χ2v) is 10.2. The van der Waals surface area contributed by atoms with Crippen LogP contribution in [-0.4, -0.2) is 27.1 Å². The minimum Gasteiger partial charge on any atom is -0.472 e. The van der Waals surface area contributed by atoms with Crippen molar-refractivity contribution in [2.24, 2.45) is 5.73 Å². The van der Waals surface area contributed by atoms with Gasteiger partial charge in [-0.2, -0.15) is 4.98 Å². The van der Waals surface area contributed by atoms with Gasteiger partial charge in [-0.1, -0.05) is 72.8 Å². The molecule has 9 nitrogen and oxygen atoms in total. The number of pyridine rings is 1. The molecule has 5 rings (SSSR count). The predicted octanol–water partition coefficient (Wildman–Crippen LogP) is 6.51. The van der Waals surface area contributed by atoms with Gasteiger partial charge in [0, 0.05) is 36.1 Å². The number of halogens is 1. The number of carbonyl (C=O) groups is 1. The molecule has 0 saturated heterocycles. The van der Waals surface area contributed by atoms with Crippen molar-refractivity contribution < 1.29 is 18.7 Å². The van der Waals surface area contributed by atoms with E-state index in [4.69, 9.17) is 15.2 Å². The Morgan fingerprint density at radius 1 is 0.864 bits per heavy atom. The maximum absolute atomic E-state index is 14.8. The van der Waals surface area contributed by atoms with Crippen molar-refractivity contribution in [2.45, 2.75) is 39.1 Å². The standard InChI is InChI=1S/C34H33FN6O3/c1-23(16-25-10-7-11-26(17-25)22-44-33(36)42)40-34-37-15-14-31(41-34)38-19-27-18-29(28-12-5-6-13-30(28)35)32(39-20-27)43-21-24-8-3-2-4-9-24/h2-15,17-18,20,23H,16,19,21-22H2,1H3,(H2,36,42)(H2,37,38,40,41)/t23-/m0/s1. The first-order chi connectivity index (χ1) is 21.4. The van der Waals surface area contributed by atoms with Gasteiger partial charge in [-0.15, -0.1) is 0 Å². The van der Waals surface area contributed by atoms with Crippen LogP contribution in [0.3, 0.4) is 0 Å². The molecule has 0 bridgehead atoms. The summed E-state index contributed by atoms with van der Waals surface area (Å²) >= 11 is 0. The summed E-state index contributed by atoms with van der Waals surface area (Å²) in [6.07, 6.45) is 3.29. The van der Waals surface area contributed by atoms with Gasteiger partial charge in [0.2, 0.25) is 11.8 Å². The van der Waals surface area contributed by atoms with Gasteiger partial charge in [0.1, 0.15) is 24.8 Å². The Hall–Kier alpha value is -5.51. The molecule has 0 aliphatic rings. The Labute approximate surface area is 255 Å². The maximum atomic E-state index is 14.8. The average Bonchev–Trinajstić information content (AvgIpc) is 3.03. The van der Waals surface area contributed by atoms with Crippen molar-refractivity contribution in [3.05, 3.63) is 131 Å². The molecule has 0 saturated carbocycles. The summed E-state index contributed by atoms with van der Waals surface area (Å²) in [6.45, 7) is 2.88. The van der Waals surface area contributed by atoms with Crippen molar-refractivity contribution in [1.82, 2.24) is 15.0 Å². The summed E-state index contributed by atoms with van der Waals surface area (Å²) in [5.41, 5.74) is 9.81. The molecule has 2 heterocycles. The molecule has 0 aliphatic carbocycles. The third-order valence-electron chi connectivity index (χ3n) is 6.71. The molecule has 224 valence electrons. The Morgan fingerprint density at radius 2 is 1.64 bits per heavy atom. The number of primary amides is 1. The fourth-order valence-electron chi connectivity index (χ4n) is 4.65. The van der Waals surface area contributed by atoms with Crippen molar-refractivity contribution in [2.75, 3.05) is 10.6 Å². The summed E-state index contributed by atoms with van der Waals surface area (Å²) in [5.74, 6) is 1.11. The van der Waals surface area contributed by atoms with Crippen LogP contribution in [-0.2, 0) is 30.9 Å². The van der Waals surface area contributed by atoms with E-state index < -0.39 is 6.09 Å². The number of hydrogen-bond donors (Lipinski definition) is 3. The number of amides is 1. The predicted molar refractivity (Wildman–Crippen MR) is 167 cm³/mol. The van der Waals surface area contributed by atoms with E-state index in [1.54, 1.807) is 36.7 Å². The number of nitrogens with zero attached hydrogens (tertiary/aromatic N) is 3. The van der Waals surface area contributed by atoms with Crippen LogP contribution >= 0.6 is 0 Å². The quantitative estimate of drug-likeness (QED) is 0.141. The minimum absolute atomic E-state index is 0.0218. The van der Waals surface area contributed by atoms with Crippen molar-refractivity contribution in [3.8, 4) is 17.0 Å². The number of rotatable bonds is 13. The van der Waals surface area contributed by atoms with E-state index in [1.165, 1.54) is 6.07 Å². The molecule has 44 heavy (non-hydrogen) atoms. The topological polar surface area (TPSA) is 124 Å². The van der Waals surface area contributed by atoms with Crippen LogP contribution in [0.15, 0.2) is 103 Å². The smallest absolute Gasteiger partial charge is 0.404 e. The SMILES string of the molecule is C[C@@H](Cc1cccc(COC(N)=O)c1)Nc1nccc(NCc2cnc(OCc3ccccc3)c(-c3ccccc3F)c2)n1. The van der Waals surface area contributed by atoms with Crippen molar-refractivity contribution in [3.63, 3.8) is 0 Å². The van der Waals surface area contributed by atoms with E-state index in [9.17, 15) is 9.18 Å². The van der Waals surface area contributed by atoms with Gasteiger partial charge in [-0.3, -0.25) is 0 Å². The number of hydrogen-bond acceptors (Lipinski definition) is 8. The van der Waals surface area contributed by atoms with Crippen LogP contribution in [0.5, 0.6) is 5.88 Å². The first-order valence-electron chi connectivity index (χ1n) is 14.2. The van der Waals surface area contributed by atoms with Crippen LogP contribution in [0.2, 0.25) is 0 Å². The van der Waals surface area contributed by atoms with Crippen LogP contribution in [0, 0.1) is 5.82 Å². The van der Waals surface area contributed by atoms with Crippen LogP contribution in [0.1, 0.15) is 29.2 Å². The Kier molecular flexibility index (Phi) is 9.94. The summed E-state index contributed by atoms with van der Waals surface area (Å²) in [6, 6.07) is 27.8. The van der Waals surface area contributed by atoms with Gasteiger partial charge in [-0.05, 0) is 53.8 Å². The second kappa shape index (κ2) is 14.6. The second-order valence-electron chi connectivity index (χ2n) is 10.2. The lowest BCUT2D eigenvalue weighted by atomic mass is 10.0. The molecule has 0 unspecified atom stereocenters. The number of nitrogens with one attached hydrogen (secondary N) is 2. The molecule has 0 radical (unpaired) electrons. The number of ether oxygens (including phenoxy) is 2. The zero-order valence-corrected chi connectivity index (χ0v) is 24.2. The largest absolute Gasteiger partial charge is 0.472 e. The normalized spacial score (nSPS) is 11.4. The highest BCUT2D eigenvalue weighted by molar-refractivity contribution is 5.70. The lowest BCUT2D eigenvalue weighted by molar-refractivity contribution is 0.150. The van der Waals surface area contributed by atoms with E-state index in [0.717, 1.165) is 22.3 Å². The van der Waals surface area contributed by atoms with Crippen LogP contribution < -0.4 is 21.1 Å². The first kappa shape index (κ1) is 30.0. The fourth-order valence-corrected chi connectivity index (χ4v) is 4.65. The molecule has 3 aromatic carbocycles. The number of carbonyl (C=O) groups excluding carboxylic acids is 1. The van der Waals surface area contributed by atoms with Crippen molar-refractivity contribution >= 4 is 17.9 Å². The zero-order valence-electron chi connectivity index (χ0n) is 24.2. The third kappa shape index (κ3) is 8.51. The highest BCUT2D eigenvalue weighted by Crippen LogP contribution is 2.32. The summed E-state index contributed by atoms with van der Waals surface area (Å²) < 4.78 is 25.7. The van der Waals surface area contributed by atoms with Crippen LogP contribution in [0.4, 0.5) is 21.0 Å². The Balaban J connectivity index is 1.23.